The van der Waals surface area contributed by atoms with Gasteiger partial charge in [0.15, 0.2) is 5.54 Å². The maximum atomic E-state index is 12.5. The lowest BCUT2D eigenvalue weighted by molar-refractivity contribution is -0.145. The number of carboxylic acid groups (broad SMARTS) is 1. The molecule has 0 saturated heterocycles. The van der Waals surface area contributed by atoms with Crippen molar-refractivity contribution in [3.05, 3.63) is 77.7 Å². The Morgan fingerprint density at radius 3 is 2.21 bits per heavy atom. The molecule has 1 aliphatic carbocycles. The first kappa shape index (κ1) is 22.1. The van der Waals surface area contributed by atoms with E-state index in [1.807, 2.05) is 48.5 Å². The summed E-state index contributed by atoms with van der Waals surface area (Å²) in [6, 6.07) is 17.2. The maximum absolute atomic E-state index is 12.5. The van der Waals surface area contributed by atoms with Gasteiger partial charge in [-0.15, -0.1) is 0 Å². The van der Waals surface area contributed by atoms with E-state index >= 15 is 0 Å². The van der Waals surface area contributed by atoms with Crippen LogP contribution in [0, 0.1) is 0 Å². The normalized spacial score (nSPS) is 14.0. The Labute approximate surface area is 189 Å². The highest BCUT2D eigenvalue weighted by atomic mass is 16.5. The fraction of sp³-hybridized carbons (Fsp3) is 0.208. The summed E-state index contributed by atoms with van der Waals surface area (Å²) in [5.41, 5.74) is 2.42. The number of aliphatic carboxylic acids is 1. The van der Waals surface area contributed by atoms with Gasteiger partial charge in [-0.25, -0.2) is 9.59 Å². The van der Waals surface area contributed by atoms with Crippen LogP contribution in [-0.2, 0) is 9.53 Å². The van der Waals surface area contributed by atoms with E-state index in [2.05, 4.69) is 10.6 Å². The third-order valence-electron chi connectivity index (χ3n) is 5.63. The van der Waals surface area contributed by atoms with Gasteiger partial charge in [-0.3, -0.25) is 10.1 Å². The number of amides is 2. The number of rotatable bonds is 7. The van der Waals surface area contributed by atoms with Crippen molar-refractivity contribution < 1.29 is 33.8 Å². The first-order valence-corrected chi connectivity index (χ1v) is 10.2. The molecule has 3 aromatic rings. The zero-order valence-electron chi connectivity index (χ0n) is 17.7. The predicted octanol–water partition coefficient (Wildman–Crippen LogP) is 3.21. The zero-order valence-corrected chi connectivity index (χ0v) is 17.7. The molecule has 1 heterocycles. The lowest BCUT2D eigenvalue weighted by Gasteiger charge is -2.23. The molecule has 170 valence electrons. The standard InChI is InChI=1S/C24H22N2O7/c1-24(13-27,22(29)30)26-21(28)20-19(10-11-32-20)25-23(31)33-12-18-16-8-4-2-6-14(16)15-7-3-5-9-17(15)18/h2-11,18,27H,12-13H2,1H3,(H,25,31)(H,26,28)(H,29,30). The van der Waals surface area contributed by atoms with Gasteiger partial charge < -0.3 is 24.7 Å². The number of fused-ring (bicyclic) bond motifs is 3. The summed E-state index contributed by atoms with van der Waals surface area (Å²) in [4.78, 5) is 36.2. The molecule has 2 aromatic carbocycles. The highest BCUT2D eigenvalue weighted by Crippen LogP contribution is 2.44. The maximum Gasteiger partial charge on any atom is 0.411 e. The number of hydrogen-bond acceptors (Lipinski definition) is 6. The number of aliphatic hydroxyl groups is 1. The molecule has 2 amide bonds. The lowest BCUT2D eigenvalue weighted by atomic mass is 9.98. The van der Waals surface area contributed by atoms with E-state index in [4.69, 9.17) is 9.15 Å². The fourth-order valence-electron chi connectivity index (χ4n) is 3.80. The van der Waals surface area contributed by atoms with Crippen molar-refractivity contribution in [2.45, 2.75) is 18.4 Å². The van der Waals surface area contributed by atoms with Crippen LogP contribution in [0.2, 0.25) is 0 Å². The molecule has 1 aromatic heterocycles. The number of aliphatic hydroxyl groups excluding tert-OH is 1. The quantitative estimate of drug-likeness (QED) is 0.434. The van der Waals surface area contributed by atoms with Gasteiger partial charge in [0.05, 0.1) is 18.6 Å². The van der Waals surface area contributed by atoms with Crippen LogP contribution in [0.1, 0.15) is 34.5 Å². The zero-order chi connectivity index (χ0) is 23.6. The van der Waals surface area contributed by atoms with Crippen molar-refractivity contribution in [2.24, 2.45) is 0 Å². The van der Waals surface area contributed by atoms with Gasteiger partial charge in [0, 0.05) is 12.0 Å². The van der Waals surface area contributed by atoms with E-state index in [0.29, 0.717) is 0 Å². The van der Waals surface area contributed by atoms with Crippen LogP contribution in [-0.4, -0.2) is 46.9 Å². The number of furan rings is 1. The minimum absolute atomic E-state index is 0.00963. The molecule has 0 bridgehead atoms. The van der Waals surface area contributed by atoms with E-state index in [9.17, 15) is 24.6 Å². The summed E-state index contributed by atoms with van der Waals surface area (Å²) in [5.74, 6) is -2.77. The number of carbonyl (C=O) groups is 3. The summed E-state index contributed by atoms with van der Waals surface area (Å²) < 4.78 is 10.6. The summed E-state index contributed by atoms with van der Waals surface area (Å²) in [6.45, 7) is 0.402. The first-order chi connectivity index (χ1) is 15.8. The SMILES string of the molecule is CC(CO)(NC(=O)c1occc1NC(=O)OCC1c2ccccc2-c2ccccc21)C(=O)O. The van der Waals surface area contributed by atoms with Gasteiger partial charge in [-0.2, -0.15) is 0 Å². The van der Waals surface area contributed by atoms with Gasteiger partial charge in [0.1, 0.15) is 6.61 Å². The van der Waals surface area contributed by atoms with E-state index < -0.39 is 30.1 Å². The van der Waals surface area contributed by atoms with E-state index in [1.165, 1.54) is 12.3 Å². The van der Waals surface area contributed by atoms with E-state index in [1.54, 1.807) is 0 Å². The second-order valence-electron chi connectivity index (χ2n) is 7.86. The van der Waals surface area contributed by atoms with Crippen molar-refractivity contribution in [3.8, 4) is 11.1 Å². The van der Waals surface area contributed by atoms with Crippen molar-refractivity contribution in [1.82, 2.24) is 5.32 Å². The van der Waals surface area contributed by atoms with Crippen LogP contribution < -0.4 is 10.6 Å². The molecule has 9 heteroatoms. The first-order valence-electron chi connectivity index (χ1n) is 10.2. The van der Waals surface area contributed by atoms with Crippen molar-refractivity contribution in [3.63, 3.8) is 0 Å². The fourth-order valence-corrected chi connectivity index (χ4v) is 3.80. The highest BCUT2D eigenvalue weighted by molar-refractivity contribution is 6.02. The Balaban J connectivity index is 1.44. The third-order valence-corrected chi connectivity index (χ3v) is 5.63. The molecule has 33 heavy (non-hydrogen) atoms. The minimum atomic E-state index is -1.91. The number of ether oxygens (including phenoxy) is 1. The lowest BCUT2D eigenvalue weighted by Crippen LogP contribution is -2.54. The van der Waals surface area contributed by atoms with Crippen LogP contribution >= 0.6 is 0 Å². The Kier molecular flexibility index (Phi) is 5.89. The van der Waals surface area contributed by atoms with Gasteiger partial charge in [0.2, 0.25) is 5.76 Å². The smallest absolute Gasteiger partial charge is 0.411 e. The summed E-state index contributed by atoms with van der Waals surface area (Å²) in [7, 11) is 0. The minimum Gasteiger partial charge on any atom is -0.479 e. The van der Waals surface area contributed by atoms with Gasteiger partial charge >= 0.3 is 12.1 Å². The molecule has 9 nitrogen and oxygen atoms in total. The van der Waals surface area contributed by atoms with Crippen LogP contribution in [0.15, 0.2) is 65.3 Å². The monoisotopic (exact) mass is 450 g/mol. The van der Waals surface area contributed by atoms with Crippen LogP contribution in [0.5, 0.6) is 0 Å². The third kappa shape index (κ3) is 4.18. The molecule has 0 fully saturated rings. The van der Waals surface area contributed by atoms with Gasteiger partial charge in [0.25, 0.3) is 5.91 Å². The highest BCUT2D eigenvalue weighted by Gasteiger charge is 2.36. The van der Waals surface area contributed by atoms with E-state index in [0.717, 1.165) is 29.2 Å². The Morgan fingerprint density at radius 2 is 1.64 bits per heavy atom. The molecular weight excluding hydrogens is 428 g/mol. The van der Waals surface area contributed by atoms with Crippen molar-refractivity contribution >= 4 is 23.7 Å². The Hall–Kier alpha value is -4.11. The number of carbonyl (C=O) groups excluding carboxylic acids is 2. The number of carboxylic acids is 1. The van der Waals surface area contributed by atoms with Crippen LogP contribution in [0.4, 0.5) is 10.5 Å². The average Bonchev–Trinajstić information content (AvgIpc) is 3.40. The molecule has 1 aliphatic rings. The molecule has 4 N–H and O–H groups in total. The molecule has 0 aliphatic heterocycles. The predicted molar refractivity (Wildman–Crippen MR) is 118 cm³/mol. The number of benzene rings is 2. The number of hydrogen-bond donors (Lipinski definition) is 4. The van der Waals surface area contributed by atoms with E-state index in [-0.39, 0.29) is 24.0 Å². The topological polar surface area (TPSA) is 138 Å². The van der Waals surface area contributed by atoms with Crippen molar-refractivity contribution in [1.29, 1.82) is 0 Å². The molecule has 1 unspecified atom stereocenters. The molecular formula is C24H22N2O7. The summed E-state index contributed by atoms with van der Waals surface area (Å²) in [6.07, 6.45) is 0.376. The molecule has 1 atom stereocenters. The summed E-state index contributed by atoms with van der Waals surface area (Å²) >= 11 is 0. The van der Waals surface area contributed by atoms with Crippen LogP contribution in [0.25, 0.3) is 11.1 Å². The summed E-state index contributed by atoms with van der Waals surface area (Å²) in [5, 5.41) is 23.2. The molecule has 0 spiro atoms. The second-order valence-corrected chi connectivity index (χ2v) is 7.86. The Bertz CT molecular complexity index is 1170. The molecule has 0 saturated carbocycles. The average molecular weight is 450 g/mol. The second kappa shape index (κ2) is 8.79. The largest absolute Gasteiger partial charge is 0.479 e. The van der Waals surface area contributed by atoms with Crippen LogP contribution in [0.3, 0.4) is 0 Å². The molecule has 0 radical (unpaired) electrons. The van der Waals surface area contributed by atoms with Crippen molar-refractivity contribution in [2.75, 3.05) is 18.5 Å². The van der Waals surface area contributed by atoms with Gasteiger partial charge in [-0.05, 0) is 29.2 Å². The molecule has 4 rings (SSSR count). The Morgan fingerprint density at radius 1 is 1.03 bits per heavy atom. The number of anilines is 1. The number of nitrogens with one attached hydrogen (secondary N) is 2. The van der Waals surface area contributed by atoms with Gasteiger partial charge in [-0.1, -0.05) is 48.5 Å².